The summed E-state index contributed by atoms with van der Waals surface area (Å²) in [6.07, 6.45) is 2.44. The molecule has 1 aliphatic heterocycles. The van der Waals surface area contributed by atoms with Gasteiger partial charge in [-0.25, -0.2) is 0 Å². The zero-order valence-corrected chi connectivity index (χ0v) is 4.67. The van der Waals surface area contributed by atoms with Crippen LogP contribution in [0, 0.1) is 0 Å². The second kappa shape index (κ2) is 1.52. The molecule has 0 N–H and O–H groups in total. The Hall–Kier alpha value is -0.172. The van der Waals surface area contributed by atoms with Crippen LogP contribution >= 0.6 is 0 Å². The van der Waals surface area contributed by atoms with E-state index in [-0.39, 0.29) is 0 Å². The van der Waals surface area contributed by atoms with E-state index < -0.39 is 15.8 Å². The van der Waals surface area contributed by atoms with E-state index in [9.17, 15) is 3.47 Å². The van der Waals surface area contributed by atoms with Crippen LogP contribution in [0.1, 0.15) is 0 Å². The molecular weight excluding hydrogens is 150 g/mol. The maximum absolute atomic E-state index is 11.6. The average Bonchev–Trinajstić information content (AvgIpc) is 1.86. The van der Waals surface area contributed by atoms with Crippen molar-refractivity contribution in [3.8, 4) is 0 Å². The molecule has 1 aliphatic rings. The summed E-state index contributed by atoms with van der Waals surface area (Å²) in [4.78, 5) is 0. The Bertz CT molecular complexity index is 65.9. The Kier molecular flexibility index (Phi) is 1.01. The van der Waals surface area contributed by atoms with E-state index in [1.54, 1.807) is 0 Å². The van der Waals surface area contributed by atoms with Gasteiger partial charge in [0.2, 0.25) is 0 Å². The molecule has 0 radical (unpaired) electrons. The molecule has 1 heterocycles. The van der Waals surface area contributed by atoms with Crippen molar-refractivity contribution in [1.29, 1.82) is 0 Å². The maximum atomic E-state index is 11.6. The number of hydrogen-bond acceptors (Lipinski definition) is 2. The van der Waals surface area contributed by atoms with Gasteiger partial charge in [-0.3, -0.25) is 0 Å². The molecule has 34 valence electrons. The molecule has 0 amide bonds. The van der Waals surface area contributed by atoms with Crippen molar-refractivity contribution in [1.82, 2.24) is 0 Å². The van der Waals surface area contributed by atoms with E-state index in [1.165, 1.54) is 12.5 Å². The second-order valence-electron chi connectivity index (χ2n) is 0.696. The fourth-order valence-electron chi connectivity index (χ4n) is 0.170. The van der Waals surface area contributed by atoms with Crippen molar-refractivity contribution in [3.63, 3.8) is 0 Å². The Morgan fingerprint density at radius 3 is 2.00 bits per heavy atom. The first kappa shape index (κ1) is 4.00. The molecule has 2 nitrogen and oxygen atoms in total. The van der Waals surface area contributed by atoms with E-state index in [0.29, 0.717) is 0 Å². The quantitative estimate of drug-likeness (QED) is 0.469. The van der Waals surface area contributed by atoms with Crippen molar-refractivity contribution in [2.75, 3.05) is 0 Å². The summed E-state index contributed by atoms with van der Waals surface area (Å²) in [6.45, 7) is 0. The third-order valence-electron chi connectivity index (χ3n) is 0.343. The summed E-state index contributed by atoms with van der Waals surface area (Å²) in [7, 11) is 0. The van der Waals surface area contributed by atoms with Gasteiger partial charge in [-0.05, 0) is 0 Å². The van der Waals surface area contributed by atoms with Gasteiger partial charge in [0.05, 0.1) is 0 Å². The SMILES string of the molecule is F[As]1OC=CO1. The van der Waals surface area contributed by atoms with Crippen LogP contribution < -0.4 is 0 Å². The molecule has 0 aromatic carbocycles. The number of rotatable bonds is 0. The Labute approximate surface area is 40.0 Å². The molecule has 0 aromatic rings. The molecule has 1 rings (SSSR count). The molecule has 6 heavy (non-hydrogen) atoms. The third-order valence-corrected chi connectivity index (χ3v) is 1.55. The molecule has 0 unspecified atom stereocenters. The van der Waals surface area contributed by atoms with Gasteiger partial charge in [-0.1, -0.05) is 0 Å². The fraction of sp³-hybridized carbons (Fsp3) is 0. The minimum absolute atomic E-state index is 1.22. The average molecular weight is 152 g/mol. The first-order valence-electron chi connectivity index (χ1n) is 1.34. The van der Waals surface area contributed by atoms with E-state index in [2.05, 4.69) is 7.45 Å². The Balaban J connectivity index is 2.32. The van der Waals surface area contributed by atoms with Gasteiger partial charge in [0, 0.05) is 0 Å². The molecule has 0 saturated carbocycles. The summed E-state index contributed by atoms with van der Waals surface area (Å²) >= 11 is -2.72. The van der Waals surface area contributed by atoms with Gasteiger partial charge in [-0.2, -0.15) is 0 Å². The minimum atomic E-state index is -2.72. The van der Waals surface area contributed by atoms with Gasteiger partial charge in [0.15, 0.2) is 0 Å². The zero-order chi connectivity index (χ0) is 4.41. The molecule has 0 spiro atoms. The van der Waals surface area contributed by atoms with Crippen molar-refractivity contribution < 1.29 is 10.9 Å². The van der Waals surface area contributed by atoms with Gasteiger partial charge >= 0.3 is 39.2 Å². The van der Waals surface area contributed by atoms with Gasteiger partial charge in [0.25, 0.3) is 0 Å². The van der Waals surface area contributed by atoms with Crippen LogP contribution in [0.2, 0.25) is 0 Å². The molecule has 4 heteroatoms. The van der Waals surface area contributed by atoms with Crippen molar-refractivity contribution in [3.05, 3.63) is 12.5 Å². The molecule has 0 saturated heterocycles. The van der Waals surface area contributed by atoms with Crippen LogP contribution in [0.3, 0.4) is 0 Å². The molecular formula is C2H2AsFO2. The topological polar surface area (TPSA) is 18.5 Å². The first-order valence-corrected chi connectivity index (χ1v) is 3.58. The zero-order valence-electron chi connectivity index (χ0n) is 2.80. The van der Waals surface area contributed by atoms with Crippen molar-refractivity contribution in [2.24, 2.45) is 0 Å². The van der Waals surface area contributed by atoms with E-state index in [1.807, 2.05) is 0 Å². The summed E-state index contributed by atoms with van der Waals surface area (Å²) in [5.74, 6) is 0. The van der Waals surface area contributed by atoms with Crippen LogP contribution in [-0.4, -0.2) is 15.8 Å². The number of hydrogen-bond donors (Lipinski definition) is 0. The van der Waals surface area contributed by atoms with Gasteiger partial charge < -0.3 is 0 Å². The predicted octanol–water partition coefficient (Wildman–Crippen LogP) is 0.459. The molecule has 0 atom stereocenters. The fourth-order valence-corrected chi connectivity index (χ4v) is 0.885. The molecule has 0 aliphatic carbocycles. The monoisotopic (exact) mass is 152 g/mol. The summed E-state index contributed by atoms with van der Waals surface area (Å²) < 4.78 is 20.0. The normalized spacial score (nSPS) is 20.2. The van der Waals surface area contributed by atoms with E-state index in [4.69, 9.17) is 0 Å². The van der Waals surface area contributed by atoms with Crippen LogP contribution in [0.5, 0.6) is 0 Å². The van der Waals surface area contributed by atoms with E-state index in [0.717, 1.165) is 0 Å². The summed E-state index contributed by atoms with van der Waals surface area (Å²) in [6, 6.07) is 0. The Morgan fingerprint density at radius 1 is 1.33 bits per heavy atom. The summed E-state index contributed by atoms with van der Waals surface area (Å²) in [5.41, 5.74) is 0. The molecule has 0 fully saturated rings. The standard InChI is InChI=1S/C2H2AsFO2/c4-3-5-1-2-6-3/h1-2H. The first-order chi connectivity index (χ1) is 2.89. The molecule has 0 bridgehead atoms. The van der Waals surface area contributed by atoms with Crippen LogP contribution in [0.25, 0.3) is 0 Å². The van der Waals surface area contributed by atoms with Crippen LogP contribution in [0.4, 0.5) is 3.47 Å². The van der Waals surface area contributed by atoms with Crippen molar-refractivity contribution >= 4 is 15.8 Å². The molecule has 0 aromatic heterocycles. The Morgan fingerprint density at radius 2 is 1.83 bits per heavy atom. The van der Waals surface area contributed by atoms with Crippen LogP contribution in [-0.2, 0) is 7.45 Å². The van der Waals surface area contributed by atoms with E-state index >= 15 is 0 Å². The van der Waals surface area contributed by atoms with Crippen LogP contribution in [0.15, 0.2) is 12.5 Å². The summed E-state index contributed by atoms with van der Waals surface area (Å²) in [5, 5.41) is 0. The van der Waals surface area contributed by atoms with Crippen molar-refractivity contribution in [2.45, 2.75) is 0 Å². The van der Waals surface area contributed by atoms with Gasteiger partial charge in [-0.15, -0.1) is 0 Å². The third kappa shape index (κ3) is 0.657. The van der Waals surface area contributed by atoms with Gasteiger partial charge in [0.1, 0.15) is 0 Å². The second-order valence-corrected chi connectivity index (χ2v) is 2.47. The predicted molar refractivity (Wildman–Crippen MR) is 18.2 cm³/mol. The number of halogens is 1.